The summed E-state index contributed by atoms with van der Waals surface area (Å²) < 4.78 is 5.30. The molecule has 0 aliphatic carbocycles. The van der Waals surface area contributed by atoms with Gasteiger partial charge in [0, 0.05) is 18.3 Å². The molecule has 0 spiro atoms. The van der Waals surface area contributed by atoms with Crippen LogP contribution in [0.15, 0.2) is 35.5 Å². The van der Waals surface area contributed by atoms with Gasteiger partial charge in [0.2, 0.25) is 0 Å². The van der Waals surface area contributed by atoms with Gasteiger partial charge in [-0.15, -0.1) is 0 Å². The van der Waals surface area contributed by atoms with Crippen molar-refractivity contribution < 1.29 is 19.2 Å². The number of carbonyl (C=O) groups is 2. The number of urea groups is 1. The molecule has 1 N–H and O–H groups in total. The number of benzene rings is 1. The van der Waals surface area contributed by atoms with Gasteiger partial charge in [0.15, 0.2) is 0 Å². The lowest BCUT2D eigenvalue weighted by Gasteiger charge is -2.34. The maximum atomic E-state index is 12.6. The normalized spacial score (nSPS) is 17.6. The summed E-state index contributed by atoms with van der Waals surface area (Å²) >= 11 is 0. The number of hydrogen-bond donors (Lipinski definition) is 1. The third-order valence-corrected chi connectivity index (χ3v) is 3.92. The zero-order valence-electron chi connectivity index (χ0n) is 14.6. The molecule has 1 aromatic rings. The van der Waals surface area contributed by atoms with E-state index in [1.807, 2.05) is 0 Å². The summed E-state index contributed by atoms with van der Waals surface area (Å²) in [5, 5.41) is 14.0. The molecule has 1 aliphatic rings. The molecule has 0 saturated carbocycles. The first-order chi connectivity index (χ1) is 11.8. The molecule has 8 heteroatoms. The molecule has 2 amide bonds. The van der Waals surface area contributed by atoms with E-state index >= 15 is 0 Å². The number of nitro groups is 1. The minimum atomic E-state index is -0.942. The Kier molecular flexibility index (Phi) is 5.41. The van der Waals surface area contributed by atoms with Gasteiger partial charge in [-0.1, -0.05) is 12.1 Å². The number of para-hydroxylation sites is 1. The molecule has 2 rings (SSSR count). The predicted octanol–water partition coefficient (Wildman–Crippen LogP) is 2.91. The smallest absolute Gasteiger partial charge is 0.338 e. The second-order valence-corrected chi connectivity index (χ2v) is 5.90. The molecule has 0 radical (unpaired) electrons. The van der Waals surface area contributed by atoms with Crippen LogP contribution in [0.1, 0.15) is 39.3 Å². The molecular formula is C17H21N3O5. The molecule has 0 unspecified atom stereocenters. The van der Waals surface area contributed by atoms with E-state index in [4.69, 9.17) is 4.74 Å². The summed E-state index contributed by atoms with van der Waals surface area (Å²) in [6, 6.07) is 4.68. The first-order valence-corrected chi connectivity index (χ1v) is 8.01. The van der Waals surface area contributed by atoms with Crippen LogP contribution >= 0.6 is 0 Å². The molecule has 0 aromatic heterocycles. The number of esters is 1. The Balaban J connectivity index is 2.62. The molecule has 0 saturated heterocycles. The van der Waals surface area contributed by atoms with Crippen molar-refractivity contribution in [2.24, 2.45) is 0 Å². The number of allylic oxidation sites excluding steroid dienone is 1. The Morgan fingerprint density at radius 1 is 1.40 bits per heavy atom. The molecule has 0 fully saturated rings. The Morgan fingerprint density at radius 3 is 2.60 bits per heavy atom. The topological polar surface area (TPSA) is 102 Å². The third kappa shape index (κ3) is 3.62. The number of nitrogens with one attached hydrogen (secondary N) is 1. The number of rotatable bonds is 5. The largest absolute Gasteiger partial charge is 0.459 e. The highest BCUT2D eigenvalue weighted by molar-refractivity contribution is 5.95. The summed E-state index contributed by atoms with van der Waals surface area (Å²) in [5.74, 6) is -0.603. The SMILES string of the molecule is CCN1C(=O)N[C@@H](c2ccccc2[N+](=O)[O-])C(C(=O)OC(C)C)=C1C. The van der Waals surface area contributed by atoms with Crippen LogP contribution in [0.4, 0.5) is 10.5 Å². The van der Waals surface area contributed by atoms with Crippen molar-refractivity contribution in [2.45, 2.75) is 39.8 Å². The van der Waals surface area contributed by atoms with Crippen LogP contribution in [0, 0.1) is 10.1 Å². The Bertz CT molecular complexity index is 742. The van der Waals surface area contributed by atoms with Gasteiger partial charge in [0.1, 0.15) is 0 Å². The highest BCUT2D eigenvalue weighted by Gasteiger charge is 2.38. The number of hydrogen-bond acceptors (Lipinski definition) is 5. The highest BCUT2D eigenvalue weighted by atomic mass is 16.6. The van der Waals surface area contributed by atoms with E-state index in [9.17, 15) is 19.7 Å². The predicted molar refractivity (Wildman–Crippen MR) is 90.7 cm³/mol. The van der Waals surface area contributed by atoms with Crippen molar-refractivity contribution in [1.29, 1.82) is 0 Å². The zero-order chi connectivity index (χ0) is 18.7. The minimum absolute atomic E-state index is 0.166. The fourth-order valence-electron chi connectivity index (χ4n) is 2.84. The van der Waals surface area contributed by atoms with Crippen molar-refractivity contribution in [3.63, 3.8) is 0 Å². The fourth-order valence-corrected chi connectivity index (χ4v) is 2.84. The van der Waals surface area contributed by atoms with Gasteiger partial charge in [-0.3, -0.25) is 15.0 Å². The molecule has 1 heterocycles. The Labute approximate surface area is 145 Å². The number of amides is 2. The van der Waals surface area contributed by atoms with Crippen molar-refractivity contribution >= 4 is 17.7 Å². The van der Waals surface area contributed by atoms with E-state index < -0.39 is 23.0 Å². The lowest BCUT2D eigenvalue weighted by Crippen LogP contribution is -2.48. The van der Waals surface area contributed by atoms with Crippen LogP contribution in [0.5, 0.6) is 0 Å². The van der Waals surface area contributed by atoms with Gasteiger partial charge in [-0.25, -0.2) is 9.59 Å². The molecule has 0 bridgehead atoms. The fraction of sp³-hybridized carbons (Fsp3) is 0.412. The summed E-state index contributed by atoms with van der Waals surface area (Å²) in [6.45, 7) is 7.21. The van der Waals surface area contributed by atoms with Crippen molar-refractivity contribution in [3.05, 3.63) is 51.2 Å². The quantitative estimate of drug-likeness (QED) is 0.501. The number of carbonyl (C=O) groups excluding carboxylic acids is 2. The van der Waals surface area contributed by atoms with Crippen LogP contribution in [-0.4, -0.2) is 34.5 Å². The van der Waals surface area contributed by atoms with Gasteiger partial charge < -0.3 is 10.1 Å². The lowest BCUT2D eigenvalue weighted by molar-refractivity contribution is -0.385. The van der Waals surface area contributed by atoms with E-state index in [1.165, 1.54) is 23.1 Å². The second-order valence-electron chi connectivity index (χ2n) is 5.90. The summed E-state index contributed by atoms with van der Waals surface area (Å²) in [5.41, 5.74) is 0.705. The summed E-state index contributed by atoms with van der Waals surface area (Å²) in [7, 11) is 0. The van der Waals surface area contributed by atoms with Crippen LogP contribution in [0.2, 0.25) is 0 Å². The maximum absolute atomic E-state index is 12.6. The second kappa shape index (κ2) is 7.33. The van der Waals surface area contributed by atoms with Gasteiger partial charge in [0.05, 0.1) is 28.2 Å². The van der Waals surface area contributed by atoms with Gasteiger partial charge in [0.25, 0.3) is 5.69 Å². The van der Waals surface area contributed by atoms with E-state index in [2.05, 4.69) is 5.32 Å². The first kappa shape index (κ1) is 18.4. The highest BCUT2D eigenvalue weighted by Crippen LogP contribution is 2.35. The van der Waals surface area contributed by atoms with E-state index in [0.717, 1.165) is 0 Å². The van der Waals surface area contributed by atoms with Crippen LogP contribution in [-0.2, 0) is 9.53 Å². The molecule has 1 aliphatic heterocycles. The van der Waals surface area contributed by atoms with Crippen molar-refractivity contribution in [1.82, 2.24) is 10.2 Å². The maximum Gasteiger partial charge on any atom is 0.338 e. The monoisotopic (exact) mass is 347 g/mol. The van der Waals surface area contributed by atoms with Gasteiger partial charge in [-0.2, -0.15) is 0 Å². The first-order valence-electron chi connectivity index (χ1n) is 8.01. The van der Waals surface area contributed by atoms with E-state index in [0.29, 0.717) is 12.2 Å². The Morgan fingerprint density at radius 2 is 2.04 bits per heavy atom. The molecule has 134 valence electrons. The average molecular weight is 347 g/mol. The number of nitro benzene ring substituents is 1. The lowest BCUT2D eigenvalue weighted by atomic mass is 9.93. The molecule has 25 heavy (non-hydrogen) atoms. The number of nitrogens with zero attached hydrogens (tertiary/aromatic N) is 2. The van der Waals surface area contributed by atoms with Crippen LogP contribution < -0.4 is 5.32 Å². The minimum Gasteiger partial charge on any atom is -0.459 e. The molecule has 8 nitrogen and oxygen atoms in total. The molecular weight excluding hydrogens is 326 g/mol. The van der Waals surface area contributed by atoms with Crippen molar-refractivity contribution in [2.75, 3.05) is 6.54 Å². The summed E-state index contributed by atoms with van der Waals surface area (Å²) in [6.07, 6.45) is -0.355. The van der Waals surface area contributed by atoms with Crippen molar-refractivity contribution in [3.8, 4) is 0 Å². The molecule has 1 aromatic carbocycles. The van der Waals surface area contributed by atoms with Crippen LogP contribution in [0.3, 0.4) is 0 Å². The van der Waals surface area contributed by atoms with Crippen LogP contribution in [0.25, 0.3) is 0 Å². The number of ether oxygens (including phenoxy) is 1. The van der Waals surface area contributed by atoms with E-state index in [1.54, 1.807) is 33.8 Å². The van der Waals surface area contributed by atoms with E-state index in [-0.39, 0.29) is 22.9 Å². The average Bonchev–Trinajstić information content (AvgIpc) is 2.53. The standard InChI is InChI=1S/C17H21N3O5/c1-5-19-11(4)14(16(21)25-10(2)3)15(18-17(19)22)12-8-6-7-9-13(12)20(23)24/h6-10,15H,5H2,1-4H3,(H,18,22)/t15-/m0/s1. The Hall–Kier alpha value is -2.90. The zero-order valence-corrected chi connectivity index (χ0v) is 14.6. The van der Waals surface area contributed by atoms with Gasteiger partial charge in [-0.05, 0) is 33.8 Å². The van der Waals surface area contributed by atoms with Gasteiger partial charge >= 0.3 is 12.0 Å². The third-order valence-electron chi connectivity index (χ3n) is 3.92. The summed E-state index contributed by atoms with van der Waals surface area (Å²) in [4.78, 5) is 37.2. The molecule has 1 atom stereocenters.